The first-order chi connectivity index (χ1) is 30.7. The molecule has 2 aliphatic heterocycles. The van der Waals surface area contributed by atoms with Crippen LogP contribution in [0, 0.1) is 18.3 Å². The van der Waals surface area contributed by atoms with Crippen molar-refractivity contribution in [3.05, 3.63) is 23.8 Å². The average molecular weight is 917 g/mol. The van der Waals surface area contributed by atoms with Crippen molar-refractivity contribution in [3.8, 4) is 12.3 Å². The van der Waals surface area contributed by atoms with Gasteiger partial charge in [0.15, 0.2) is 0 Å². The van der Waals surface area contributed by atoms with Crippen molar-refractivity contribution in [2.75, 3.05) is 127 Å². The lowest BCUT2D eigenvalue weighted by Gasteiger charge is -2.38. The molecule has 2 fully saturated rings. The van der Waals surface area contributed by atoms with Crippen molar-refractivity contribution in [2.24, 2.45) is 17.4 Å². The lowest BCUT2D eigenvalue weighted by Crippen LogP contribution is -3.00. The van der Waals surface area contributed by atoms with Crippen LogP contribution in [0.15, 0.2) is 12.4 Å². The SMILES string of the molecule is C#CCOCCOCCOCCNc1nc(N2CCN(C(=O)Cn3cc(CCC[NH+]=C(N)N)nn3)CC2)nc(N2CCN(C(=O)[C@H]([C@@H](C)CC)n3cc(CCCC[NH3+])nn3)CC2)n1.[Cl-]. The Bertz CT molecular complexity index is 1910. The largest absolute Gasteiger partial charge is 1.00 e. The van der Waals surface area contributed by atoms with Crippen LogP contribution in [0.1, 0.15) is 57.0 Å². The van der Waals surface area contributed by atoms with Crippen LogP contribution in [0.2, 0.25) is 0 Å². The number of piperazine rings is 2. The Morgan fingerprint density at radius 3 is 2.09 bits per heavy atom. The van der Waals surface area contributed by atoms with Crippen molar-refractivity contribution in [2.45, 2.75) is 65.0 Å². The molecule has 24 heteroatoms. The summed E-state index contributed by atoms with van der Waals surface area (Å²) in [5, 5.41) is 20.5. The molecule has 0 spiro atoms. The molecule has 0 aromatic carbocycles. The summed E-state index contributed by atoms with van der Waals surface area (Å²) in [6.45, 7) is 12.7. The Labute approximate surface area is 381 Å². The molecule has 23 nitrogen and oxygen atoms in total. The maximum absolute atomic E-state index is 14.1. The van der Waals surface area contributed by atoms with Gasteiger partial charge in [0.1, 0.15) is 19.2 Å². The number of hydrogen-bond acceptors (Lipinski definition) is 15. The van der Waals surface area contributed by atoms with Gasteiger partial charge in [-0.3, -0.25) is 26.0 Å². The maximum Gasteiger partial charge on any atom is 0.338 e. The molecule has 3 aromatic heterocycles. The molecule has 5 heterocycles. The number of nitrogens with two attached hydrogens (primary N) is 2. The monoisotopic (exact) mass is 916 g/mol. The molecule has 2 amide bonds. The van der Waals surface area contributed by atoms with Crippen LogP contribution in [0.5, 0.6) is 0 Å². The highest BCUT2D eigenvalue weighted by Gasteiger charge is 2.34. The van der Waals surface area contributed by atoms with E-state index in [0.29, 0.717) is 123 Å². The van der Waals surface area contributed by atoms with E-state index in [1.54, 1.807) is 15.6 Å². The third-order valence-corrected chi connectivity index (χ3v) is 10.9. The highest BCUT2D eigenvalue weighted by atomic mass is 35.5. The van der Waals surface area contributed by atoms with Crippen LogP contribution in [0.4, 0.5) is 17.8 Å². The standard InChI is InChI=1S/C40H66N18O5.ClH/c1-4-22-61-24-26-63-27-25-62-23-13-45-38-46-39(55-18-14-53(15-19-55)34(59)30-57-28-32(49-51-57)10-8-12-44-37(42)43)48-40(47-38)56-20-16-54(17-21-56)36(60)35(31(3)5-2)58-29-33(50-52-58)9-6-7-11-41;/h1,28-29,31,35H,5-27,30,41H2,2-3H3,(H4,42,43,44)(H,45,46,47,48);1H/p+1/t31-,35-;/m0./s1. The summed E-state index contributed by atoms with van der Waals surface area (Å²) < 4.78 is 19.8. The smallest absolute Gasteiger partial charge is 0.338 e. The highest BCUT2D eigenvalue weighted by molar-refractivity contribution is 5.81. The summed E-state index contributed by atoms with van der Waals surface area (Å²) in [4.78, 5) is 52.8. The normalized spacial score (nSPS) is 15.0. The number of carbonyl (C=O) groups excluding carboxylic acids is 2. The van der Waals surface area contributed by atoms with E-state index in [4.69, 9.17) is 47.1 Å². The van der Waals surface area contributed by atoms with Gasteiger partial charge < -0.3 is 57.3 Å². The Morgan fingerprint density at radius 1 is 0.844 bits per heavy atom. The highest BCUT2D eigenvalue weighted by Crippen LogP contribution is 2.26. The molecule has 64 heavy (non-hydrogen) atoms. The second kappa shape index (κ2) is 27.7. The number of halogens is 1. The van der Waals surface area contributed by atoms with Gasteiger partial charge in [0, 0.05) is 71.3 Å². The number of rotatable bonds is 27. The molecule has 0 bridgehead atoms. The van der Waals surface area contributed by atoms with Gasteiger partial charge >= 0.3 is 5.96 Å². The number of anilines is 3. The summed E-state index contributed by atoms with van der Waals surface area (Å²) in [7, 11) is 0. The fourth-order valence-corrected chi connectivity index (χ4v) is 7.15. The van der Waals surface area contributed by atoms with Gasteiger partial charge in [-0.15, -0.1) is 16.6 Å². The molecular weight excluding hydrogens is 848 g/mol. The molecule has 354 valence electrons. The molecule has 2 aliphatic rings. The van der Waals surface area contributed by atoms with Crippen molar-refractivity contribution < 1.29 is 46.9 Å². The molecule has 5 rings (SSSR count). The topological polar surface area (TPSA) is 281 Å². The van der Waals surface area contributed by atoms with E-state index in [2.05, 4.69) is 66.2 Å². The molecule has 0 radical (unpaired) electrons. The van der Waals surface area contributed by atoms with Gasteiger partial charge in [0.05, 0.1) is 57.5 Å². The fraction of sp³-hybridized carbons (Fsp3) is 0.700. The molecule has 9 N–H and O–H groups in total. The molecule has 3 aromatic rings. The first-order valence-corrected chi connectivity index (χ1v) is 22.1. The van der Waals surface area contributed by atoms with Crippen LogP contribution in [-0.4, -0.2) is 184 Å². The van der Waals surface area contributed by atoms with E-state index < -0.39 is 6.04 Å². The summed E-state index contributed by atoms with van der Waals surface area (Å²) in [6.07, 6.45) is 14.0. The third kappa shape index (κ3) is 16.3. The zero-order valence-electron chi connectivity index (χ0n) is 37.5. The van der Waals surface area contributed by atoms with Crippen LogP contribution in [0.25, 0.3) is 0 Å². The Morgan fingerprint density at radius 2 is 1.45 bits per heavy atom. The van der Waals surface area contributed by atoms with Gasteiger partial charge in [-0.05, 0) is 38.0 Å². The number of hydrogen-bond donors (Lipinski definition) is 5. The first-order valence-electron chi connectivity index (χ1n) is 22.1. The minimum Gasteiger partial charge on any atom is -1.00 e. The number of nitrogens with zero attached hydrogens (tertiary/aromatic N) is 13. The van der Waals surface area contributed by atoms with E-state index in [1.165, 1.54) is 0 Å². The second-order valence-corrected chi connectivity index (χ2v) is 15.6. The number of carbonyl (C=O) groups is 2. The second-order valence-electron chi connectivity index (χ2n) is 15.6. The molecule has 0 unspecified atom stereocenters. The zero-order chi connectivity index (χ0) is 44.8. The lowest BCUT2D eigenvalue weighted by molar-refractivity contribution is -0.459. The summed E-state index contributed by atoms with van der Waals surface area (Å²) >= 11 is 0. The average Bonchev–Trinajstić information content (AvgIpc) is 3.96. The summed E-state index contributed by atoms with van der Waals surface area (Å²) in [5.41, 5.74) is 16.5. The Hall–Kier alpha value is -5.41. The van der Waals surface area contributed by atoms with E-state index in [1.807, 2.05) is 16.0 Å². The van der Waals surface area contributed by atoms with E-state index in [-0.39, 0.29) is 49.3 Å². The predicted octanol–water partition coefficient (Wildman–Crippen LogP) is -6.71. The van der Waals surface area contributed by atoms with Gasteiger partial charge in [0.25, 0.3) is 0 Å². The third-order valence-electron chi connectivity index (χ3n) is 10.9. The number of terminal acetylenes is 1. The lowest BCUT2D eigenvalue weighted by atomic mass is 9.97. The van der Waals surface area contributed by atoms with E-state index in [0.717, 1.165) is 50.0 Å². The maximum atomic E-state index is 14.1. The van der Waals surface area contributed by atoms with Crippen LogP contribution >= 0.6 is 0 Å². The molecule has 2 atom stereocenters. The van der Waals surface area contributed by atoms with Crippen LogP contribution in [0.3, 0.4) is 0 Å². The van der Waals surface area contributed by atoms with Crippen molar-refractivity contribution >= 4 is 35.6 Å². The van der Waals surface area contributed by atoms with E-state index in [9.17, 15) is 9.59 Å². The van der Waals surface area contributed by atoms with E-state index >= 15 is 0 Å². The molecular formula is C40H68ClN18O5+. The minimum absolute atomic E-state index is 0. The number of aryl methyl sites for hydroxylation is 2. The van der Waals surface area contributed by atoms with Crippen molar-refractivity contribution in [1.29, 1.82) is 0 Å². The van der Waals surface area contributed by atoms with Crippen LogP contribution in [-0.2, 0) is 43.2 Å². The number of aromatic nitrogens is 9. The number of amides is 2. The van der Waals surface area contributed by atoms with Crippen LogP contribution < -0.4 is 49.7 Å². The van der Waals surface area contributed by atoms with Gasteiger partial charge in [-0.25, -0.2) is 9.36 Å². The number of guanidine groups is 1. The molecule has 2 saturated heterocycles. The first kappa shape index (κ1) is 51.2. The van der Waals surface area contributed by atoms with Gasteiger partial charge in [0.2, 0.25) is 29.7 Å². The number of quaternary nitrogens is 1. The zero-order valence-corrected chi connectivity index (χ0v) is 38.2. The minimum atomic E-state index is -0.440. The number of ether oxygens (including phenoxy) is 3. The fourth-order valence-electron chi connectivity index (χ4n) is 7.15. The van der Waals surface area contributed by atoms with Crippen molar-refractivity contribution in [1.82, 2.24) is 54.7 Å². The van der Waals surface area contributed by atoms with Crippen molar-refractivity contribution in [3.63, 3.8) is 0 Å². The Balaban J connectivity index is 0.00000898. The quantitative estimate of drug-likeness (QED) is 0.0206. The Kier molecular flexibility index (Phi) is 22.2. The summed E-state index contributed by atoms with van der Waals surface area (Å²) in [5.74, 6) is 4.11. The number of nitrogens with one attached hydrogen (secondary N) is 2. The van der Waals surface area contributed by atoms with Gasteiger partial charge in [-0.2, -0.15) is 15.0 Å². The van der Waals surface area contributed by atoms with Gasteiger partial charge in [-0.1, -0.05) is 36.6 Å². The predicted molar refractivity (Wildman–Crippen MR) is 234 cm³/mol. The molecule has 0 saturated carbocycles. The molecule has 0 aliphatic carbocycles. The summed E-state index contributed by atoms with van der Waals surface area (Å²) in [6, 6.07) is -0.440. The number of unbranched alkanes of at least 4 members (excludes halogenated alkanes) is 1.